The maximum atomic E-state index is 12.0. The molecule has 0 aliphatic heterocycles. The predicted octanol–water partition coefficient (Wildman–Crippen LogP) is 1.82. The van der Waals surface area contributed by atoms with Crippen LogP contribution in [-0.4, -0.2) is 15.0 Å². The fourth-order valence-corrected chi connectivity index (χ4v) is 1.76. The molecule has 2 rings (SSSR count). The summed E-state index contributed by atoms with van der Waals surface area (Å²) in [6.07, 6.45) is 0.719. The molecule has 17 heavy (non-hydrogen) atoms. The molecular formula is C13H17N3O. The molecule has 0 aliphatic carbocycles. The van der Waals surface area contributed by atoms with Crippen LogP contribution >= 0.6 is 0 Å². The highest BCUT2D eigenvalue weighted by Gasteiger charge is 2.09. The van der Waals surface area contributed by atoms with E-state index in [2.05, 4.69) is 24.2 Å². The molecule has 0 bridgehead atoms. The Labute approximate surface area is 100 Å². The van der Waals surface area contributed by atoms with Gasteiger partial charge in [-0.05, 0) is 17.9 Å². The Morgan fingerprint density at radius 1 is 1.29 bits per heavy atom. The van der Waals surface area contributed by atoms with E-state index >= 15 is 0 Å². The highest BCUT2D eigenvalue weighted by molar-refractivity contribution is 5.14. The molecule has 0 atom stereocenters. The third-order valence-electron chi connectivity index (χ3n) is 2.58. The van der Waals surface area contributed by atoms with E-state index in [0.29, 0.717) is 18.2 Å². The maximum Gasteiger partial charge on any atom is 0.290 e. The first-order chi connectivity index (χ1) is 8.16. The van der Waals surface area contributed by atoms with Crippen LogP contribution < -0.4 is 5.56 Å². The Bertz CT molecular complexity index is 525. The van der Waals surface area contributed by atoms with Crippen molar-refractivity contribution in [1.82, 2.24) is 15.0 Å². The van der Waals surface area contributed by atoms with Gasteiger partial charge in [0.05, 0.1) is 6.54 Å². The van der Waals surface area contributed by atoms with E-state index in [9.17, 15) is 4.79 Å². The third kappa shape index (κ3) is 2.84. The van der Waals surface area contributed by atoms with E-state index in [1.807, 2.05) is 30.3 Å². The zero-order valence-electron chi connectivity index (χ0n) is 10.2. The minimum atomic E-state index is -0.0115. The van der Waals surface area contributed by atoms with E-state index in [1.54, 1.807) is 4.68 Å². The molecule has 1 heterocycles. The van der Waals surface area contributed by atoms with Crippen LogP contribution in [-0.2, 0) is 13.0 Å². The quantitative estimate of drug-likeness (QED) is 0.872. The normalized spacial score (nSPS) is 11.0. The predicted molar refractivity (Wildman–Crippen MR) is 66.9 cm³/mol. The van der Waals surface area contributed by atoms with Crippen molar-refractivity contribution in [2.75, 3.05) is 0 Å². The average Bonchev–Trinajstić information content (AvgIpc) is 2.62. The number of aromatic nitrogens is 3. The summed E-state index contributed by atoms with van der Waals surface area (Å²) < 4.78 is 1.55. The van der Waals surface area contributed by atoms with Gasteiger partial charge in [-0.3, -0.25) is 4.79 Å². The Balaban J connectivity index is 2.18. The van der Waals surface area contributed by atoms with Crippen molar-refractivity contribution in [1.29, 1.82) is 0 Å². The van der Waals surface area contributed by atoms with Crippen LogP contribution in [0.25, 0.3) is 0 Å². The Morgan fingerprint density at radius 2 is 2.00 bits per heavy atom. The molecule has 0 amide bonds. The molecule has 4 heteroatoms. The van der Waals surface area contributed by atoms with Gasteiger partial charge in [-0.15, -0.1) is 0 Å². The molecule has 1 N–H and O–H groups in total. The molecular weight excluding hydrogens is 214 g/mol. The minimum absolute atomic E-state index is 0.0115. The van der Waals surface area contributed by atoms with E-state index < -0.39 is 0 Å². The van der Waals surface area contributed by atoms with Gasteiger partial charge in [0, 0.05) is 0 Å². The molecule has 4 nitrogen and oxygen atoms in total. The molecule has 0 unspecified atom stereocenters. The van der Waals surface area contributed by atoms with Crippen LogP contribution in [0, 0.1) is 5.92 Å². The fraction of sp³-hybridized carbons (Fsp3) is 0.385. The maximum absolute atomic E-state index is 12.0. The fourth-order valence-electron chi connectivity index (χ4n) is 1.76. The monoisotopic (exact) mass is 231 g/mol. The van der Waals surface area contributed by atoms with Gasteiger partial charge in [-0.2, -0.15) is 5.10 Å². The molecule has 90 valence electrons. The van der Waals surface area contributed by atoms with Crippen molar-refractivity contribution in [2.24, 2.45) is 5.92 Å². The molecule has 0 saturated carbocycles. The molecule has 0 aliphatic rings. The first-order valence-corrected chi connectivity index (χ1v) is 5.85. The number of benzene rings is 1. The summed E-state index contributed by atoms with van der Waals surface area (Å²) in [5.74, 6) is 0.441. The second-order valence-electron chi connectivity index (χ2n) is 4.63. The number of H-pyrrole nitrogens is 1. The van der Waals surface area contributed by atoms with Gasteiger partial charge in [0.15, 0.2) is 0 Å². The molecule has 1 aromatic heterocycles. The summed E-state index contributed by atoms with van der Waals surface area (Å²) >= 11 is 0. The topological polar surface area (TPSA) is 50.7 Å². The minimum Gasteiger partial charge on any atom is -0.266 e. The standard InChI is InChI=1S/C13H17N3O/c1-10(2)8-12-13(17)16(15-14-12)9-11-6-4-3-5-7-11/h3-7,10,15H,8-9H2,1-2H3. The van der Waals surface area contributed by atoms with E-state index in [0.717, 1.165) is 12.0 Å². The molecule has 0 saturated heterocycles. The number of hydrogen-bond donors (Lipinski definition) is 1. The highest BCUT2D eigenvalue weighted by Crippen LogP contribution is 2.02. The summed E-state index contributed by atoms with van der Waals surface area (Å²) in [6, 6.07) is 9.88. The Morgan fingerprint density at radius 3 is 2.65 bits per heavy atom. The summed E-state index contributed by atoms with van der Waals surface area (Å²) in [4.78, 5) is 12.0. The summed E-state index contributed by atoms with van der Waals surface area (Å²) in [5.41, 5.74) is 1.70. The number of aromatic amines is 1. The zero-order valence-corrected chi connectivity index (χ0v) is 10.2. The van der Waals surface area contributed by atoms with Crippen LogP contribution in [0.1, 0.15) is 25.1 Å². The number of rotatable bonds is 4. The van der Waals surface area contributed by atoms with Gasteiger partial charge in [0.1, 0.15) is 5.69 Å². The molecule has 0 fully saturated rings. The number of nitrogens with zero attached hydrogens (tertiary/aromatic N) is 2. The van der Waals surface area contributed by atoms with Crippen LogP contribution in [0.2, 0.25) is 0 Å². The molecule has 0 radical (unpaired) electrons. The first kappa shape index (κ1) is 11.6. The number of nitrogens with one attached hydrogen (secondary N) is 1. The zero-order chi connectivity index (χ0) is 12.3. The van der Waals surface area contributed by atoms with Crippen LogP contribution in [0.5, 0.6) is 0 Å². The van der Waals surface area contributed by atoms with Crippen molar-refractivity contribution in [3.05, 3.63) is 51.9 Å². The van der Waals surface area contributed by atoms with Crippen LogP contribution in [0.4, 0.5) is 0 Å². The second-order valence-corrected chi connectivity index (χ2v) is 4.63. The SMILES string of the molecule is CC(C)Cc1n[nH]n(Cc2ccccc2)c1=O. The van der Waals surface area contributed by atoms with Gasteiger partial charge >= 0.3 is 0 Å². The van der Waals surface area contributed by atoms with E-state index in [4.69, 9.17) is 0 Å². The lowest BCUT2D eigenvalue weighted by Gasteiger charge is -2.00. The van der Waals surface area contributed by atoms with Crippen molar-refractivity contribution in [3.63, 3.8) is 0 Å². The van der Waals surface area contributed by atoms with Crippen molar-refractivity contribution in [3.8, 4) is 0 Å². The summed E-state index contributed by atoms with van der Waals surface area (Å²) in [5, 5.41) is 6.86. The third-order valence-corrected chi connectivity index (χ3v) is 2.58. The molecule has 0 spiro atoms. The lowest BCUT2D eigenvalue weighted by Crippen LogP contribution is -2.20. The first-order valence-electron chi connectivity index (χ1n) is 5.85. The average molecular weight is 231 g/mol. The van der Waals surface area contributed by atoms with Crippen molar-refractivity contribution in [2.45, 2.75) is 26.8 Å². The molecule has 2 aromatic rings. The Hall–Kier alpha value is -1.84. The lowest BCUT2D eigenvalue weighted by atomic mass is 10.1. The van der Waals surface area contributed by atoms with Gasteiger partial charge in [0.25, 0.3) is 5.56 Å². The van der Waals surface area contributed by atoms with Crippen molar-refractivity contribution >= 4 is 0 Å². The van der Waals surface area contributed by atoms with Gasteiger partial charge in [-0.1, -0.05) is 44.2 Å². The lowest BCUT2D eigenvalue weighted by molar-refractivity contribution is 0.630. The highest BCUT2D eigenvalue weighted by atomic mass is 16.1. The van der Waals surface area contributed by atoms with Crippen LogP contribution in [0.15, 0.2) is 35.1 Å². The van der Waals surface area contributed by atoms with Gasteiger partial charge in [0.2, 0.25) is 0 Å². The summed E-state index contributed by atoms with van der Waals surface area (Å²) in [7, 11) is 0. The smallest absolute Gasteiger partial charge is 0.266 e. The van der Waals surface area contributed by atoms with Gasteiger partial charge < -0.3 is 0 Å². The largest absolute Gasteiger partial charge is 0.290 e. The van der Waals surface area contributed by atoms with Crippen LogP contribution in [0.3, 0.4) is 0 Å². The second kappa shape index (κ2) is 4.99. The van der Waals surface area contributed by atoms with E-state index in [1.165, 1.54) is 0 Å². The molecule has 1 aromatic carbocycles. The number of hydrogen-bond acceptors (Lipinski definition) is 2. The van der Waals surface area contributed by atoms with Gasteiger partial charge in [-0.25, -0.2) is 9.90 Å². The van der Waals surface area contributed by atoms with E-state index in [-0.39, 0.29) is 5.56 Å². The van der Waals surface area contributed by atoms with Crippen molar-refractivity contribution < 1.29 is 0 Å². The Kier molecular flexibility index (Phi) is 3.42. The summed E-state index contributed by atoms with van der Waals surface area (Å²) in [6.45, 7) is 4.70.